The lowest BCUT2D eigenvalue weighted by atomic mass is 10.4. The fourth-order valence-corrected chi connectivity index (χ4v) is 1.19. The van der Waals surface area contributed by atoms with Crippen molar-refractivity contribution in [3.8, 4) is 0 Å². The minimum atomic E-state index is 0.332. The number of nitrogens with zero attached hydrogens (tertiary/aromatic N) is 4. The van der Waals surface area contributed by atoms with E-state index < -0.39 is 0 Å². The summed E-state index contributed by atoms with van der Waals surface area (Å²) in [6, 6.07) is 0.332. The Bertz CT molecular complexity index is 470. The Kier molecular flexibility index (Phi) is 2.04. The fraction of sp³-hybridized carbons (Fsp3) is 0.300. The summed E-state index contributed by atoms with van der Waals surface area (Å²) < 4.78 is 1.86. The van der Waals surface area contributed by atoms with E-state index in [-0.39, 0.29) is 0 Å². The summed E-state index contributed by atoms with van der Waals surface area (Å²) in [6.45, 7) is 7.78. The van der Waals surface area contributed by atoms with Gasteiger partial charge in [0.25, 0.3) is 0 Å². The molecule has 0 amide bonds. The first-order valence-electron chi connectivity index (χ1n) is 4.55. The highest BCUT2D eigenvalue weighted by molar-refractivity contribution is 5.69. The zero-order valence-corrected chi connectivity index (χ0v) is 8.31. The molecule has 0 aliphatic carbocycles. The second-order valence-electron chi connectivity index (χ2n) is 3.41. The van der Waals surface area contributed by atoms with Crippen molar-refractivity contribution in [2.45, 2.75) is 19.9 Å². The summed E-state index contributed by atoms with van der Waals surface area (Å²) in [5, 5.41) is 4.32. The van der Waals surface area contributed by atoms with Crippen molar-refractivity contribution in [1.82, 2.24) is 19.7 Å². The van der Waals surface area contributed by atoms with E-state index in [2.05, 4.69) is 35.5 Å². The van der Waals surface area contributed by atoms with Crippen LogP contribution in [0.4, 0.5) is 0 Å². The third-order valence-electron chi connectivity index (χ3n) is 2.00. The molecule has 14 heavy (non-hydrogen) atoms. The van der Waals surface area contributed by atoms with Gasteiger partial charge in [0.15, 0.2) is 5.65 Å². The molecule has 0 fully saturated rings. The average molecular weight is 188 g/mol. The van der Waals surface area contributed by atoms with Crippen molar-refractivity contribution >= 4 is 17.2 Å². The van der Waals surface area contributed by atoms with E-state index in [4.69, 9.17) is 0 Å². The first-order valence-corrected chi connectivity index (χ1v) is 4.55. The largest absolute Gasteiger partial charge is 0.266 e. The zero-order chi connectivity index (χ0) is 10.1. The molecule has 4 heteroatoms. The monoisotopic (exact) mass is 188 g/mol. The van der Waals surface area contributed by atoms with E-state index in [1.165, 1.54) is 0 Å². The van der Waals surface area contributed by atoms with Gasteiger partial charge in [-0.1, -0.05) is 6.58 Å². The Morgan fingerprint density at radius 3 is 2.93 bits per heavy atom. The van der Waals surface area contributed by atoms with Gasteiger partial charge in [0.1, 0.15) is 5.52 Å². The van der Waals surface area contributed by atoms with E-state index in [1.54, 1.807) is 12.3 Å². The van der Waals surface area contributed by atoms with Crippen LogP contribution in [0.5, 0.6) is 0 Å². The van der Waals surface area contributed by atoms with Crippen LogP contribution in [0.15, 0.2) is 19.0 Å². The molecule has 0 aliphatic rings. The zero-order valence-electron chi connectivity index (χ0n) is 8.31. The van der Waals surface area contributed by atoms with Crippen LogP contribution in [0.3, 0.4) is 0 Å². The lowest BCUT2D eigenvalue weighted by Crippen LogP contribution is -2.00. The van der Waals surface area contributed by atoms with Gasteiger partial charge in [-0.15, -0.1) is 0 Å². The van der Waals surface area contributed by atoms with Gasteiger partial charge < -0.3 is 0 Å². The summed E-state index contributed by atoms with van der Waals surface area (Å²) in [7, 11) is 0. The number of aromatic nitrogens is 4. The molecule has 0 aromatic carbocycles. The lowest BCUT2D eigenvalue weighted by molar-refractivity contribution is 0.536. The van der Waals surface area contributed by atoms with Crippen molar-refractivity contribution in [3.05, 3.63) is 24.7 Å². The quantitative estimate of drug-likeness (QED) is 0.724. The van der Waals surface area contributed by atoms with Gasteiger partial charge in [-0.2, -0.15) is 5.10 Å². The molecular formula is C10H12N4. The van der Waals surface area contributed by atoms with Crippen LogP contribution in [-0.2, 0) is 0 Å². The van der Waals surface area contributed by atoms with Crippen LogP contribution < -0.4 is 0 Å². The third-order valence-corrected chi connectivity index (χ3v) is 2.00. The van der Waals surface area contributed by atoms with Crippen LogP contribution in [0.2, 0.25) is 0 Å². The molecule has 0 radical (unpaired) electrons. The molecule has 0 unspecified atom stereocenters. The van der Waals surface area contributed by atoms with Crippen LogP contribution in [0.25, 0.3) is 17.2 Å². The summed E-state index contributed by atoms with van der Waals surface area (Å²) in [6.07, 6.45) is 5.27. The topological polar surface area (TPSA) is 43.6 Å². The van der Waals surface area contributed by atoms with Gasteiger partial charge in [-0.25, -0.2) is 9.97 Å². The average Bonchev–Trinajstić information content (AvgIpc) is 2.59. The molecule has 2 heterocycles. The van der Waals surface area contributed by atoms with E-state index in [0.29, 0.717) is 11.7 Å². The van der Waals surface area contributed by atoms with E-state index in [9.17, 15) is 0 Å². The number of hydrogen-bond donors (Lipinski definition) is 0. The predicted molar refractivity (Wildman–Crippen MR) is 55.8 cm³/mol. The maximum atomic E-state index is 4.32. The molecule has 0 atom stereocenters. The Balaban J connectivity index is 2.59. The molecule has 2 aromatic rings. The Morgan fingerprint density at radius 1 is 1.50 bits per heavy atom. The first-order chi connectivity index (χ1) is 6.70. The molecule has 0 spiro atoms. The van der Waals surface area contributed by atoms with Crippen LogP contribution in [-0.4, -0.2) is 19.7 Å². The number of fused-ring (bicyclic) bond motifs is 1. The molecule has 0 N–H and O–H groups in total. The van der Waals surface area contributed by atoms with Crippen molar-refractivity contribution in [1.29, 1.82) is 0 Å². The van der Waals surface area contributed by atoms with Crippen LogP contribution >= 0.6 is 0 Å². The normalized spacial score (nSPS) is 11.1. The maximum Gasteiger partial charge on any atom is 0.200 e. The summed E-state index contributed by atoms with van der Waals surface area (Å²) in [5.41, 5.74) is 2.26. The van der Waals surface area contributed by atoms with E-state index >= 15 is 0 Å². The number of rotatable bonds is 2. The van der Waals surface area contributed by atoms with E-state index in [0.717, 1.165) is 11.2 Å². The molecule has 4 nitrogen and oxygen atoms in total. The third kappa shape index (κ3) is 1.39. The van der Waals surface area contributed by atoms with Crippen LogP contribution in [0.1, 0.15) is 25.6 Å². The molecule has 0 aliphatic heterocycles. The number of hydrogen-bond acceptors (Lipinski definition) is 3. The summed E-state index contributed by atoms with van der Waals surface area (Å²) in [5.74, 6) is 0. The van der Waals surface area contributed by atoms with Gasteiger partial charge in [0.05, 0.1) is 18.1 Å². The Hall–Kier alpha value is -1.71. The minimum absolute atomic E-state index is 0.332. The molecule has 2 aromatic heterocycles. The highest BCUT2D eigenvalue weighted by Crippen LogP contribution is 2.11. The first kappa shape index (κ1) is 8.87. The fourth-order valence-electron chi connectivity index (χ4n) is 1.19. The van der Waals surface area contributed by atoms with Crippen molar-refractivity contribution in [2.75, 3.05) is 0 Å². The maximum absolute atomic E-state index is 4.32. The Morgan fingerprint density at radius 2 is 2.29 bits per heavy atom. The summed E-state index contributed by atoms with van der Waals surface area (Å²) in [4.78, 5) is 8.52. The lowest BCUT2D eigenvalue weighted by Gasteiger charge is -2.01. The molecule has 0 bridgehead atoms. The smallest absolute Gasteiger partial charge is 0.200 e. The van der Waals surface area contributed by atoms with Crippen molar-refractivity contribution in [3.63, 3.8) is 0 Å². The second-order valence-corrected chi connectivity index (χ2v) is 3.41. The molecule has 72 valence electrons. The highest BCUT2D eigenvalue weighted by Gasteiger charge is 2.05. The summed E-state index contributed by atoms with van der Waals surface area (Å²) >= 11 is 0. The molecule has 2 rings (SSSR count). The Labute approximate surface area is 82.3 Å². The SMILES string of the molecule is C=Cc1cnc2cn(C(C)C)nc2n1. The molecule has 0 saturated heterocycles. The van der Waals surface area contributed by atoms with Gasteiger partial charge in [-0.05, 0) is 19.9 Å². The van der Waals surface area contributed by atoms with Crippen molar-refractivity contribution < 1.29 is 0 Å². The van der Waals surface area contributed by atoms with Gasteiger partial charge in [0.2, 0.25) is 0 Å². The minimum Gasteiger partial charge on any atom is -0.266 e. The van der Waals surface area contributed by atoms with E-state index in [1.807, 2.05) is 10.9 Å². The molecular weight excluding hydrogens is 176 g/mol. The second kappa shape index (κ2) is 3.21. The van der Waals surface area contributed by atoms with Gasteiger partial charge in [0, 0.05) is 6.04 Å². The predicted octanol–water partition coefficient (Wildman–Crippen LogP) is 2.05. The molecule has 0 saturated carbocycles. The van der Waals surface area contributed by atoms with Crippen molar-refractivity contribution in [2.24, 2.45) is 0 Å². The highest BCUT2D eigenvalue weighted by atomic mass is 15.3. The standard InChI is InChI=1S/C10H12N4/c1-4-8-5-11-9-6-14(7(2)3)13-10(9)12-8/h4-7H,1H2,2-3H3. The van der Waals surface area contributed by atoms with Gasteiger partial charge >= 0.3 is 0 Å². The van der Waals surface area contributed by atoms with Crippen LogP contribution in [0, 0.1) is 0 Å². The van der Waals surface area contributed by atoms with Gasteiger partial charge in [-0.3, -0.25) is 4.68 Å².